The van der Waals surface area contributed by atoms with E-state index < -0.39 is 0 Å². The maximum atomic E-state index is 12.5. The first-order chi connectivity index (χ1) is 14.1. The van der Waals surface area contributed by atoms with Crippen LogP contribution in [0.2, 0.25) is 0 Å². The lowest BCUT2D eigenvalue weighted by molar-refractivity contribution is 0.200. The molecule has 7 heteroatoms. The molecule has 0 aliphatic carbocycles. The number of hydrogen-bond donors (Lipinski definition) is 0. The highest BCUT2D eigenvalue weighted by molar-refractivity contribution is 5.40. The van der Waals surface area contributed by atoms with Crippen LogP contribution in [0.4, 0.5) is 5.82 Å². The quantitative estimate of drug-likeness (QED) is 0.683. The molecule has 0 radical (unpaired) electrons. The minimum Gasteiger partial charge on any atom is -0.491 e. The molecule has 0 unspecified atom stereocenters. The molecular weight excluding hydrogens is 366 g/mol. The van der Waals surface area contributed by atoms with E-state index in [-0.39, 0.29) is 11.1 Å². The topological polar surface area (TPSA) is 74.4 Å². The highest BCUT2D eigenvalue weighted by Gasteiger charge is 2.18. The third kappa shape index (κ3) is 5.58. The van der Waals surface area contributed by atoms with Crippen molar-refractivity contribution in [2.45, 2.75) is 26.8 Å². The van der Waals surface area contributed by atoms with Gasteiger partial charge in [0.2, 0.25) is 0 Å². The minimum absolute atomic E-state index is 0.0937. The smallest absolute Gasteiger partial charge is 0.272 e. The standard InChI is InChI=1S/C22H29N5O2/c1-18(2)6-9-27-10-7-20(19(17-23)22(27)28)29-16-15-25-11-13-26(14-12-25)21-5-3-4-8-24-21/h3-5,7-8,10,18H,6,9,11-16H2,1-2H3. The molecule has 2 aromatic heterocycles. The average molecular weight is 396 g/mol. The van der Waals surface area contributed by atoms with Gasteiger partial charge in [-0.05, 0) is 30.5 Å². The van der Waals surface area contributed by atoms with Crippen molar-refractivity contribution in [3.63, 3.8) is 0 Å². The van der Waals surface area contributed by atoms with E-state index in [2.05, 4.69) is 28.6 Å². The highest BCUT2D eigenvalue weighted by atomic mass is 16.5. The van der Waals surface area contributed by atoms with Gasteiger partial charge in [0.15, 0.2) is 5.56 Å². The second kappa shape index (κ2) is 10.1. The van der Waals surface area contributed by atoms with Gasteiger partial charge < -0.3 is 14.2 Å². The molecule has 0 atom stereocenters. The first kappa shape index (κ1) is 20.9. The SMILES string of the molecule is CC(C)CCn1ccc(OCCN2CCN(c3ccccn3)CC2)c(C#N)c1=O. The Morgan fingerprint density at radius 2 is 1.97 bits per heavy atom. The maximum Gasteiger partial charge on any atom is 0.272 e. The number of aryl methyl sites for hydroxylation is 1. The summed E-state index contributed by atoms with van der Waals surface area (Å²) in [6.07, 6.45) is 4.45. The molecule has 3 rings (SSSR count). The second-order valence-corrected chi connectivity index (χ2v) is 7.71. The zero-order chi connectivity index (χ0) is 20.6. The van der Waals surface area contributed by atoms with Crippen LogP contribution in [-0.4, -0.2) is 53.8 Å². The monoisotopic (exact) mass is 395 g/mol. The van der Waals surface area contributed by atoms with Gasteiger partial charge >= 0.3 is 0 Å². The molecule has 1 saturated heterocycles. The Morgan fingerprint density at radius 3 is 2.62 bits per heavy atom. The van der Waals surface area contributed by atoms with E-state index in [0.717, 1.165) is 45.0 Å². The average Bonchev–Trinajstić information content (AvgIpc) is 2.74. The van der Waals surface area contributed by atoms with E-state index in [1.165, 1.54) is 0 Å². The zero-order valence-electron chi connectivity index (χ0n) is 17.3. The van der Waals surface area contributed by atoms with Crippen molar-refractivity contribution >= 4 is 5.82 Å². The number of ether oxygens (including phenoxy) is 1. The van der Waals surface area contributed by atoms with Crippen molar-refractivity contribution in [2.24, 2.45) is 5.92 Å². The molecule has 0 N–H and O–H groups in total. The first-order valence-corrected chi connectivity index (χ1v) is 10.2. The summed E-state index contributed by atoms with van der Waals surface area (Å²) in [6.45, 7) is 9.77. The summed E-state index contributed by atoms with van der Waals surface area (Å²) in [7, 11) is 0. The van der Waals surface area contributed by atoms with Gasteiger partial charge in [0, 0.05) is 51.7 Å². The maximum absolute atomic E-state index is 12.5. The third-order valence-corrected chi connectivity index (χ3v) is 5.20. The van der Waals surface area contributed by atoms with E-state index in [1.807, 2.05) is 30.5 Å². The van der Waals surface area contributed by atoms with Gasteiger partial charge in [0.25, 0.3) is 5.56 Å². The third-order valence-electron chi connectivity index (χ3n) is 5.20. The van der Waals surface area contributed by atoms with Crippen molar-refractivity contribution < 1.29 is 4.74 Å². The zero-order valence-corrected chi connectivity index (χ0v) is 17.3. The Morgan fingerprint density at radius 1 is 1.17 bits per heavy atom. The molecule has 7 nitrogen and oxygen atoms in total. The van der Waals surface area contributed by atoms with Crippen LogP contribution < -0.4 is 15.2 Å². The van der Waals surface area contributed by atoms with Crippen molar-refractivity contribution in [1.29, 1.82) is 5.26 Å². The van der Waals surface area contributed by atoms with Crippen LogP contribution in [0.15, 0.2) is 41.5 Å². The molecule has 1 fully saturated rings. The number of hydrogen-bond acceptors (Lipinski definition) is 6. The number of aromatic nitrogens is 2. The summed E-state index contributed by atoms with van der Waals surface area (Å²) in [5, 5.41) is 9.42. The van der Waals surface area contributed by atoms with Crippen LogP contribution in [0.1, 0.15) is 25.8 Å². The van der Waals surface area contributed by atoms with Gasteiger partial charge in [-0.3, -0.25) is 9.69 Å². The fourth-order valence-electron chi connectivity index (χ4n) is 3.38. The summed E-state index contributed by atoms with van der Waals surface area (Å²) in [4.78, 5) is 21.5. The second-order valence-electron chi connectivity index (χ2n) is 7.71. The minimum atomic E-state index is -0.269. The molecule has 0 spiro atoms. The normalized spacial score (nSPS) is 14.8. The number of anilines is 1. The molecule has 0 aromatic carbocycles. The fraction of sp³-hybridized carbons (Fsp3) is 0.500. The molecule has 154 valence electrons. The molecule has 2 aromatic rings. The number of piperazine rings is 1. The molecule has 1 aliphatic heterocycles. The number of rotatable bonds is 8. The van der Waals surface area contributed by atoms with E-state index in [0.29, 0.717) is 24.8 Å². The van der Waals surface area contributed by atoms with Crippen LogP contribution in [0, 0.1) is 17.2 Å². The van der Waals surface area contributed by atoms with Crippen molar-refractivity contribution in [2.75, 3.05) is 44.2 Å². The largest absolute Gasteiger partial charge is 0.491 e. The first-order valence-electron chi connectivity index (χ1n) is 10.2. The Hall–Kier alpha value is -2.85. The van der Waals surface area contributed by atoms with Crippen LogP contribution in [0.5, 0.6) is 5.75 Å². The van der Waals surface area contributed by atoms with Crippen molar-refractivity contribution in [1.82, 2.24) is 14.5 Å². The lowest BCUT2D eigenvalue weighted by atomic mass is 10.1. The summed E-state index contributed by atoms with van der Waals surface area (Å²) in [6, 6.07) is 9.72. The molecule has 0 saturated carbocycles. The van der Waals surface area contributed by atoms with E-state index in [9.17, 15) is 10.1 Å². The summed E-state index contributed by atoms with van der Waals surface area (Å²) >= 11 is 0. The predicted octanol–water partition coefficient (Wildman–Crippen LogP) is 2.36. The highest BCUT2D eigenvalue weighted by Crippen LogP contribution is 2.15. The number of nitriles is 1. The van der Waals surface area contributed by atoms with Gasteiger partial charge in [-0.1, -0.05) is 19.9 Å². The van der Waals surface area contributed by atoms with Crippen LogP contribution in [0.25, 0.3) is 0 Å². The van der Waals surface area contributed by atoms with E-state index >= 15 is 0 Å². The summed E-state index contributed by atoms with van der Waals surface area (Å²) < 4.78 is 7.40. The van der Waals surface area contributed by atoms with Gasteiger partial charge in [0.1, 0.15) is 24.2 Å². The lowest BCUT2D eigenvalue weighted by Crippen LogP contribution is -2.47. The van der Waals surface area contributed by atoms with Crippen LogP contribution in [0.3, 0.4) is 0 Å². The van der Waals surface area contributed by atoms with Gasteiger partial charge in [-0.25, -0.2) is 4.98 Å². The van der Waals surface area contributed by atoms with Crippen LogP contribution in [-0.2, 0) is 6.54 Å². The van der Waals surface area contributed by atoms with Crippen molar-refractivity contribution in [3.05, 3.63) is 52.6 Å². The lowest BCUT2D eigenvalue weighted by Gasteiger charge is -2.35. The number of nitrogens with zero attached hydrogens (tertiary/aromatic N) is 5. The Bertz CT molecular complexity index is 880. The Balaban J connectivity index is 1.50. The van der Waals surface area contributed by atoms with Gasteiger partial charge in [-0.15, -0.1) is 0 Å². The molecule has 0 amide bonds. The molecule has 29 heavy (non-hydrogen) atoms. The van der Waals surface area contributed by atoms with Crippen LogP contribution >= 0.6 is 0 Å². The summed E-state index contributed by atoms with van der Waals surface area (Å²) in [5.41, 5.74) is -0.175. The van der Waals surface area contributed by atoms with E-state index in [1.54, 1.807) is 16.8 Å². The van der Waals surface area contributed by atoms with Crippen molar-refractivity contribution in [3.8, 4) is 11.8 Å². The fourth-order valence-corrected chi connectivity index (χ4v) is 3.38. The van der Waals surface area contributed by atoms with Gasteiger partial charge in [0.05, 0.1) is 0 Å². The molecule has 0 bridgehead atoms. The number of pyridine rings is 2. The summed E-state index contributed by atoms with van der Waals surface area (Å²) in [5.74, 6) is 1.90. The Kier molecular flexibility index (Phi) is 7.25. The van der Waals surface area contributed by atoms with E-state index in [4.69, 9.17) is 4.74 Å². The Labute approximate surface area is 172 Å². The molecule has 3 heterocycles. The predicted molar refractivity (Wildman–Crippen MR) is 113 cm³/mol. The molecule has 1 aliphatic rings. The molecular formula is C22H29N5O2. The van der Waals surface area contributed by atoms with Gasteiger partial charge in [-0.2, -0.15) is 5.26 Å².